The number of imide groups is 1. The van der Waals surface area contributed by atoms with Crippen molar-refractivity contribution in [3.05, 3.63) is 75.9 Å². The first-order valence-electron chi connectivity index (χ1n) is 8.48. The Kier molecular flexibility index (Phi) is 4.61. The lowest BCUT2D eigenvalue weighted by atomic mass is 9.92. The number of hydrogen-bond acceptors (Lipinski definition) is 4. The maximum atomic E-state index is 13.1. The minimum Gasteiger partial charge on any atom is -0.356 e. The summed E-state index contributed by atoms with van der Waals surface area (Å²) in [4.78, 5) is 26.8. The van der Waals surface area contributed by atoms with Gasteiger partial charge in [0.05, 0.1) is 12.7 Å². The number of aromatic nitrogens is 1. The molecule has 3 aromatic rings. The van der Waals surface area contributed by atoms with Crippen LogP contribution in [0.3, 0.4) is 0 Å². The molecule has 1 N–H and O–H groups in total. The summed E-state index contributed by atoms with van der Waals surface area (Å²) in [5, 5.41) is 7.74. The molecule has 1 saturated heterocycles. The molecule has 1 unspecified atom stereocenters. The van der Waals surface area contributed by atoms with Gasteiger partial charge in [-0.1, -0.05) is 40.5 Å². The third-order valence-corrected chi connectivity index (χ3v) is 5.28. The molecule has 2 aromatic carbocycles. The van der Waals surface area contributed by atoms with E-state index in [0.717, 1.165) is 10.5 Å². The largest absolute Gasteiger partial charge is 0.356 e. The molecule has 1 aliphatic rings. The van der Waals surface area contributed by atoms with Crippen molar-refractivity contribution < 1.29 is 14.1 Å². The van der Waals surface area contributed by atoms with Crippen LogP contribution in [-0.4, -0.2) is 22.0 Å². The number of halogens is 2. The number of nitrogens with zero attached hydrogens (tertiary/aromatic N) is 2. The first kappa shape index (κ1) is 18.5. The predicted molar refractivity (Wildman–Crippen MR) is 105 cm³/mol. The molecule has 1 aromatic heterocycles. The van der Waals surface area contributed by atoms with E-state index >= 15 is 0 Å². The Morgan fingerprint density at radius 1 is 1.04 bits per heavy atom. The van der Waals surface area contributed by atoms with Crippen LogP contribution < -0.4 is 5.32 Å². The summed E-state index contributed by atoms with van der Waals surface area (Å²) in [6.07, 6.45) is 1.50. The first-order chi connectivity index (χ1) is 13.4. The lowest BCUT2D eigenvalue weighted by molar-refractivity contribution is -0.131. The SMILES string of the molecule is CC1(c2ccc(Cl)cc2)NC(=O)N(Cc2cnoc2-c2ccc(Cl)cc2)C1=O. The van der Waals surface area contributed by atoms with Crippen LogP contribution in [0, 0.1) is 0 Å². The van der Waals surface area contributed by atoms with E-state index in [1.165, 1.54) is 6.20 Å². The van der Waals surface area contributed by atoms with Gasteiger partial charge < -0.3 is 9.84 Å². The van der Waals surface area contributed by atoms with Crippen molar-refractivity contribution in [2.24, 2.45) is 0 Å². The normalized spacial score (nSPS) is 19.2. The van der Waals surface area contributed by atoms with Crippen molar-refractivity contribution in [2.45, 2.75) is 19.0 Å². The van der Waals surface area contributed by atoms with Crippen molar-refractivity contribution >= 4 is 35.1 Å². The maximum Gasteiger partial charge on any atom is 0.325 e. The summed E-state index contributed by atoms with van der Waals surface area (Å²) in [6, 6.07) is 13.4. The van der Waals surface area contributed by atoms with E-state index in [1.807, 2.05) is 0 Å². The topological polar surface area (TPSA) is 75.4 Å². The average Bonchev–Trinajstić information content (AvgIpc) is 3.22. The molecule has 0 radical (unpaired) electrons. The summed E-state index contributed by atoms with van der Waals surface area (Å²) >= 11 is 11.9. The third-order valence-electron chi connectivity index (χ3n) is 4.78. The molecule has 2 heterocycles. The van der Waals surface area contributed by atoms with Crippen LogP contribution in [0.5, 0.6) is 0 Å². The highest BCUT2D eigenvalue weighted by Gasteiger charge is 2.49. The van der Waals surface area contributed by atoms with Crippen LogP contribution in [0.15, 0.2) is 59.3 Å². The zero-order valence-corrected chi connectivity index (χ0v) is 16.3. The number of hydrogen-bond donors (Lipinski definition) is 1. The number of rotatable bonds is 4. The van der Waals surface area contributed by atoms with Gasteiger partial charge in [0.2, 0.25) is 0 Å². The van der Waals surface area contributed by atoms with E-state index in [-0.39, 0.29) is 12.5 Å². The standard InChI is InChI=1S/C20H15Cl2N3O3/c1-20(14-4-8-16(22)9-5-14)18(26)25(19(27)24-20)11-13-10-23-28-17(13)12-2-6-15(21)7-3-12/h2-10H,11H2,1H3,(H,24,27). The van der Waals surface area contributed by atoms with Gasteiger partial charge in [-0.15, -0.1) is 0 Å². The highest BCUT2D eigenvalue weighted by Crippen LogP contribution is 2.32. The molecule has 142 valence electrons. The molecule has 0 spiro atoms. The minimum absolute atomic E-state index is 0.0370. The third kappa shape index (κ3) is 3.15. The molecule has 8 heteroatoms. The van der Waals surface area contributed by atoms with Gasteiger partial charge in [-0.25, -0.2) is 4.79 Å². The van der Waals surface area contributed by atoms with E-state index < -0.39 is 11.6 Å². The number of amides is 3. The Bertz CT molecular complexity index is 1050. The molecule has 0 saturated carbocycles. The summed E-state index contributed by atoms with van der Waals surface area (Å²) in [7, 11) is 0. The predicted octanol–water partition coefficient (Wildman–Crippen LogP) is 4.62. The fourth-order valence-electron chi connectivity index (χ4n) is 3.20. The Balaban J connectivity index is 1.62. The fraction of sp³-hybridized carbons (Fsp3) is 0.150. The Morgan fingerprint density at radius 2 is 1.64 bits per heavy atom. The van der Waals surface area contributed by atoms with Gasteiger partial charge in [-0.05, 0) is 48.9 Å². The second-order valence-corrected chi connectivity index (χ2v) is 7.51. The van der Waals surface area contributed by atoms with Gasteiger partial charge in [0.1, 0.15) is 5.54 Å². The minimum atomic E-state index is -1.17. The molecular formula is C20H15Cl2N3O3. The van der Waals surface area contributed by atoms with Crippen LogP contribution >= 0.6 is 23.2 Å². The second-order valence-electron chi connectivity index (χ2n) is 6.64. The quantitative estimate of drug-likeness (QED) is 0.630. The van der Waals surface area contributed by atoms with E-state index in [9.17, 15) is 9.59 Å². The highest BCUT2D eigenvalue weighted by molar-refractivity contribution is 6.30. The van der Waals surface area contributed by atoms with Gasteiger partial charge in [0.25, 0.3) is 5.91 Å². The molecule has 1 atom stereocenters. The Morgan fingerprint density at radius 3 is 2.29 bits per heavy atom. The van der Waals surface area contributed by atoms with E-state index in [1.54, 1.807) is 55.5 Å². The highest BCUT2D eigenvalue weighted by atomic mass is 35.5. The zero-order valence-electron chi connectivity index (χ0n) is 14.8. The molecule has 3 amide bonds. The van der Waals surface area contributed by atoms with Crippen molar-refractivity contribution in [2.75, 3.05) is 0 Å². The lowest BCUT2D eigenvalue weighted by Crippen LogP contribution is -2.40. The van der Waals surface area contributed by atoms with Crippen molar-refractivity contribution in [1.82, 2.24) is 15.4 Å². The van der Waals surface area contributed by atoms with Gasteiger partial charge in [-0.2, -0.15) is 0 Å². The molecule has 6 nitrogen and oxygen atoms in total. The number of urea groups is 1. The summed E-state index contributed by atoms with van der Waals surface area (Å²) < 4.78 is 5.34. The van der Waals surface area contributed by atoms with Crippen LogP contribution in [0.2, 0.25) is 10.0 Å². The summed E-state index contributed by atoms with van der Waals surface area (Å²) in [5.74, 6) is 0.125. The van der Waals surface area contributed by atoms with E-state index in [4.69, 9.17) is 27.7 Å². The molecule has 0 aliphatic carbocycles. The molecular weight excluding hydrogens is 401 g/mol. The molecule has 28 heavy (non-hydrogen) atoms. The molecule has 0 bridgehead atoms. The summed E-state index contributed by atoms with van der Waals surface area (Å²) in [6.45, 7) is 1.71. The van der Waals surface area contributed by atoms with Crippen LogP contribution in [0.25, 0.3) is 11.3 Å². The van der Waals surface area contributed by atoms with Gasteiger partial charge in [-0.3, -0.25) is 9.69 Å². The Hall–Kier alpha value is -2.83. The first-order valence-corrected chi connectivity index (χ1v) is 9.24. The van der Waals surface area contributed by atoms with Crippen molar-refractivity contribution in [3.63, 3.8) is 0 Å². The molecule has 4 rings (SSSR count). The van der Waals surface area contributed by atoms with Gasteiger partial charge >= 0.3 is 6.03 Å². The second kappa shape index (κ2) is 6.96. The number of benzene rings is 2. The van der Waals surface area contributed by atoms with Crippen LogP contribution in [0.4, 0.5) is 4.79 Å². The fourth-order valence-corrected chi connectivity index (χ4v) is 3.45. The molecule has 1 aliphatic heterocycles. The monoisotopic (exact) mass is 415 g/mol. The summed E-state index contributed by atoms with van der Waals surface area (Å²) in [5.41, 5.74) is 0.857. The number of nitrogens with one attached hydrogen (secondary N) is 1. The van der Waals surface area contributed by atoms with Gasteiger partial charge in [0, 0.05) is 21.2 Å². The average molecular weight is 416 g/mol. The van der Waals surface area contributed by atoms with Crippen LogP contribution in [0.1, 0.15) is 18.1 Å². The lowest BCUT2D eigenvalue weighted by Gasteiger charge is -2.22. The van der Waals surface area contributed by atoms with Crippen molar-refractivity contribution in [3.8, 4) is 11.3 Å². The molecule has 1 fully saturated rings. The van der Waals surface area contributed by atoms with E-state index in [2.05, 4.69) is 10.5 Å². The van der Waals surface area contributed by atoms with E-state index in [0.29, 0.717) is 26.9 Å². The zero-order chi connectivity index (χ0) is 19.9. The number of carbonyl (C=O) groups excluding carboxylic acids is 2. The number of carbonyl (C=O) groups is 2. The van der Waals surface area contributed by atoms with Crippen molar-refractivity contribution in [1.29, 1.82) is 0 Å². The maximum absolute atomic E-state index is 13.1. The van der Waals surface area contributed by atoms with Crippen LogP contribution in [-0.2, 0) is 16.9 Å². The van der Waals surface area contributed by atoms with Gasteiger partial charge in [0.15, 0.2) is 5.76 Å². The smallest absolute Gasteiger partial charge is 0.325 e. The Labute approximate surface area is 171 Å².